The first-order valence-electron chi connectivity index (χ1n) is 7.43. The van der Waals surface area contributed by atoms with Crippen LogP contribution in [0, 0.1) is 5.92 Å². The third-order valence-corrected chi connectivity index (χ3v) is 4.60. The number of hydrogen-bond acceptors (Lipinski definition) is 6. The van der Waals surface area contributed by atoms with Gasteiger partial charge in [0.25, 0.3) is 0 Å². The Balaban J connectivity index is 1.81. The van der Waals surface area contributed by atoms with Crippen LogP contribution in [0.25, 0.3) is 0 Å². The molecule has 1 aliphatic heterocycles. The highest BCUT2D eigenvalue weighted by molar-refractivity contribution is 5.06. The van der Waals surface area contributed by atoms with Crippen molar-refractivity contribution >= 4 is 0 Å². The van der Waals surface area contributed by atoms with E-state index in [2.05, 4.69) is 22.4 Å². The highest BCUT2D eigenvalue weighted by Gasteiger charge is 2.41. The van der Waals surface area contributed by atoms with Crippen molar-refractivity contribution in [3.8, 4) is 0 Å². The molecule has 2 fully saturated rings. The van der Waals surface area contributed by atoms with Gasteiger partial charge in [-0.1, -0.05) is 18.5 Å². The van der Waals surface area contributed by atoms with Gasteiger partial charge in [-0.05, 0) is 31.6 Å². The number of nitrogens with zero attached hydrogens (tertiary/aromatic N) is 2. The Kier molecular flexibility index (Phi) is 3.79. The van der Waals surface area contributed by atoms with Crippen molar-refractivity contribution in [1.29, 1.82) is 0 Å². The first-order chi connectivity index (χ1) is 9.63. The maximum absolute atomic E-state index is 9.57. The third-order valence-electron chi connectivity index (χ3n) is 4.60. The molecule has 1 saturated carbocycles. The van der Waals surface area contributed by atoms with E-state index in [1.165, 1.54) is 6.42 Å². The van der Waals surface area contributed by atoms with Gasteiger partial charge in [0.2, 0.25) is 11.7 Å². The fourth-order valence-corrected chi connectivity index (χ4v) is 3.45. The molecule has 1 saturated heterocycles. The topological polar surface area (TPSA) is 80.4 Å². The maximum atomic E-state index is 9.57. The molecule has 0 bridgehead atoms. The monoisotopic (exact) mass is 281 g/mol. The van der Waals surface area contributed by atoms with Crippen LogP contribution in [0.2, 0.25) is 0 Å². The smallest absolute Gasteiger partial charge is 0.243 e. The van der Waals surface area contributed by atoms with Crippen molar-refractivity contribution < 1.29 is 14.4 Å². The zero-order chi connectivity index (χ0) is 14.2. The maximum Gasteiger partial charge on any atom is 0.243 e. The van der Waals surface area contributed by atoms with Gasteiger partial charge < -0.3 is 19.7 Å². The summed E-state index contributed by atoms with van der Waals surface area (Å²) in [5.41, 5.74) is -0.406. The molecule has 20 heavy (non-hydrogen) atoms. The van der Waals surface area contributed by atoms with E-state index in [1.54, 1.807) is 7.11 Å². The first-order valence-corrected chi connectivity index (χ1v) is 7.43. The quantitative estimate of drug-likeness (QED) is 0.874. The van der Waals surface area contributed by atoms with Gasteiger partial charge >= 0.3 is 0 Å². The molecule has 0 amide bonds. The van der Waals surface area contributed by atoms with E-state index in [4.69, 9.17) is 9.26 Å². The Morgan fingerprint density at radius 1 is 1.50 bits per heavy atom. The summed E-state index contributed by atoms with van der Waals surface area (Å²) in [5, 5.41) is 16.9. The summed E-state index contributed by atoms with van der Waals surface area (Å²) in [6.07, 6.45) is 4.52. The molecular weight excluding hydrogens is 258 g/mol. The number of nitrogens with one attached hydrogen (secondary N) is 1. The Bertz CT molecular complexity index is 464. The normalized spacial score (nSPS) is 38.2. The van der Waals surface area contributed by atoms with Crippen molar-refractivity contribution in [2.24, 2.45) is 5.92 Å². The van der Waals surface area contributed by atoms with Crippen LogP contribution < -0.4 is 5.32 Å². The van der Waals surface area contributed by atoms with Crippen LogP contribution in [0.5, 0.6) is 0 Å². The minimum absolute atomic E-state index is 0.0406. The van der Waals surface area contributed by atoms with Crippen LogP contribution >= 0.6 is 0 Å². The number of hydrogen-bond donors (Lipinski definition) is 2. The number of β-amino-alcohol motifs (C(OH)–C–C–N with tert-alkyl or cyclic N) is 1. The number of aliphatic hydroxyl groups excluding tert-OH is 1. The minimum Gasteiger partial charge on any atom is -0.392 e. The summed E-state index contributed by atoms with van der Waals surface area (Å²) in [6, 6.07) is -0.0406. The molecule has 0 radical (unpaired) electrons. The summed E-state index contributed by atoms with van der Waals surface area (Å²) in [6.45, 7) is 2.82. The Hall–Kier alpha value is -0.980. The molecule has 2 heterocycles. The fraction of sp³-hybridized carbons (Fsp3) is 0.857. The van der Waals surface area contributed by atoms with Gasteiger partial charge in [0.15, 0.2) is 0 Å². The predicted molar refractivity (Wildman–Crippen MR) is 72.0 cm³/mol. The zero-order valence-corrected chi connectivity index (χ0v) is 12.1. The van der Waals surface area contributed by atoms with Gasteiger partial charge in [-0.2, -0.15) is 4.98 Å². The highest BCUT2D eigenvalue weighted by Crippen LogP contribution is 2.41. The van der Waals surface area contributed by atoms with Crippen molar-refractivity contribution in [1.82, 2.24) is 15.5 Å². The van der Waals surface area contributed by atoms with Crippen LogP contribution in [0.4, 0.5) is 0 Å². The second-order valence-corrected chi connectivity index (χ2v) is 6.21. The van der Waals surface area contributed by atoms with E-state index in [1.807, 2.05) is 0 Å². The molecule has 112 valence electrons. The number of methoxy groups -OCH3 is 1. The van der Waals surface area contributed by atoms with E-state index >= 15 is 0 Å². The summed E-state index contributed by atoms with van der Waals surface area (Å²) >= 11 is 0. The molecule has 0 aromatic carbocycles. The molecule has 6 nitrogen and oxygen atoms in total. The summed E-state index contributed by atoms with van der Waals surface area (Å²) in [5.74, 6) is 1.83. The average Bonchev–Trinajstić information content (AvgIpc) is 3.07. The molecule has 0 spiro atoms. The van der Waals surface area contributed by atoms with E-state index in [9.17, 15) is 5.11 Å². The van der Waals surface area contributed by atoms with E-state index in [0.717, 1.165) is 19.3 Å². The molecule has 2 N–H and O–H groups in total. The second-order valence-electron chi connectivity index (χ2n) is 6.21. The van der Waals surface area contributed by atoms with Gasteiger partial charge in [0, 0.05) is 13.7 Å². The first kappa shape index (κ1) is 14.0. The summed E-state index contributed by atoms with van der Waals surface area (Å²) < 4.78 is 11.2. The van der Waals surface area contributed by atoms with Gasteiger partial charge in [-0.3, -0.25) is 0 Å². The van der Waals surface area contributed by atoms with Crippen molar-refractivity contribution in [2.45, 2.75) is 56.8 Å². The number of aromatic nitrogens is 2. The van der Waals surface area contributed by atoms with E-state index in [-0.39, 0.29) is 12.1 Å². The molecule has 1 aromatic rings. The van der Waals surface area contributed by atoms with E-state index in [0.29, 0.717) is 30.6 Å². The van der Waals surface area contributed by atoms with Crippen molar-refractivity contribution in [3.05, 3.63) is 11.7 Å². The molecule has 6 heteroatoms. The van der Waals surface area contributed by atoms with Gasteiger partial charge in [0.05, 0.1) is 12.1 Å². The second kappa shape index (κ2) is 5.42. The van der Waals surface area contributed by atoms with Crippen molar-refractivity contribution in [2.75, 3.05) is 13.7 Å². The lowest BCUT2D eigenvalue weighted by Crippen LogP contribution is -2.35. The lowest BCUT2D eigenvalue weighted by molar-refractivity contribution is -0.0658. The number of rotatable bonds is 3. The minimum atomic E-state index is -0.406. The number of ether oxygens (including phenoxy) is 1. The zero-order valence-electron chi connectivity index (χ0n) is 12.1. The molecule has 1 aliphatic carbocycles. The Morgan fingerprint density at radius 3 is 3.00 bits per heavy atom. The standard InChI is InChI=1S/C14H23N3O3/c1-9-4-3-5-14(7-9,19-2)13-16-12(20-17-13)11-6-10(18)8-15-11/h9-11,15,18H,3-8H2,1-2H3/t9?,10-,11+,14?/m0/s1. The highest BCUT2D eigenvalue weighted by atomic mass is 16.5. The van der Waals surface area contributed by atoms with Gasteiger partial charge in [-0.15, -0.1) is 0 Å². The largest absolute Gasteiger partial charge is 0.392 e. The van der Waals surface area contributed by atoms with Crippen LogP contribution in [-0.4, -0.2) is 35.0 Å². The van der Waals surface area contributed by atoms with E-state index < -0.39 is 5.60 Å². The molecule has 2 aliphatic rings. The fourth-order valence-electron chi connectivity index (χ4n) is 3.45. The van der Waals surface area contributed by atoms with Crippen LogP contribution in [-0.2, 0) is 10.3 Å². The van der Waals surface area contributed by atoms with Crippen LogP contribution in [0.3, 0.4) is 0 Å². The molecular formula is C14H23N3O3. The SMILES string of the molecule is COC1(c2noc([C@H]3C[C@H](O)CN3)n2)CCCC(C)C1. The average molecular weight is 281 g/mol. The lowest BCUT2D eigenvalue weighted by Gasteiger charge is -2.36. The summed E-state index contributed by atoms with van der Waals surface area (Å²) in [7, 11) is 1.73. The Labute approximate surface area is 118 Å². The van der Waals surface area contributed by atoms with Crippen LogP contribution in [0.1, 0.15) is 56.8 Å². The molecule has 4 atom stereocenters. The lowest BCUT2D eigenvalue weighted by atomic mass is 9.78. The summed E-state index contributed by atoms with van der Waals surface area (Å²) in [4.78, 5) is 4.55. The van der Waals surface area contributed by atoms with Crippen molar-refractivity contribution in [3.63, 3.8) is 0 Å². The number of aliphatic hydroxyl groups is 1. The Morgan fingerprint density at radius 2 is 2.35 bits per heavy atom. The van der Waals surface area contributed by atoms with Crippen LogP contribution in [0.15, 0.2) is 4.52 Å². The molecule has 3 rings (SSSR count). The third kappa shape index (κ3) is 2.47. The molecule has 1 aromatic heterocycles. The molecule has 2 unspecified atom stereocenters. The van der Waals surface area contributed by atoms with Gasteiger partial charge in [-0.25, -0.2) is 0 Å². The predicted octanol–water partition coefficient (Wildman–Crippen LogP) is 1.52. The van der Waals surface area contributed by atoms with Gasteiger partial charge in [0.1, 0.15) is 5.60 Å².